The third kappa shape index (κ3) is 4.37. The number of hydrogen-bond acceptors (Lipinski definition) is 6. The summed E-state index contributed by atoms with van der Waals surface area (Å²) in [6.07, 6.45) is 3.60. The summed E-state index contributed by atoms with van der Waals surface area (Å²) in [5.41, 5.74) is 1.01. The number of esters is 1. The number of rotatable bonds is 5. The van der Waals surface area contributed by atoms with Gasteiger partial charge < -0.3 is 4.74 Å². The van der Waals surface area contributed by atoms with Gasteiger partial charge in [-0.05, 0) is 81.8 Å². The molecule has 2 amide bonds. The van der Waals surface area contributed by atoms with E-state index in [1.54, 1.807) is 30.3 Å². The summed E-state index contributed by atoms with van der Waals surface area (Å²) in [7, 11) is 0. The lowest BCUT2D eigenvalue weighted by Crippen LogP contribution is -2.29. The third-order valence-electron chi connectivity index (χ3n) is 5.54. The number of imide groups is 1. The van der Waals surface area contributed by atoms with Crippen molar-refractivity contribution in [2.45, 2.75) is 4.90 Å². The second-order valence-corrected chi connectivity index (χ2v) is 8.78. The number of thioether (sulfide) groups is 1. The van der Waals surface area contributed by atoms with Crippen LogP contribution in [0.25, 0.3) is 21.5 Å². The lowest BCUT2D eigenvalue weighted by molar-refractivity contribution is -0.129. The van der Waals surface area contributed by atoms with Crippen LogP contribution in [-0.4, -0.2) is 22.9 Å². The fraction of sp³-hybridized carbons (Fsp3) is 0. The number of carbonyl (C=O) groups excluding carboxylic acids is 4. The van der Waals surface area contributed by atoms with Gasteiger partial charge in [-0.1, -0.05) is 30.8 Å². The highest BCUT2D eigenvalue weighted by atomic mass is 32.2. The lowest BCUT2D eigenvalue weighted by atomic mass is 10.0. The van der Waals surface area contributed by atoms with Crippen LogP contribution in [0.4, 0.5) is 5.69 Å². The predicted octanol–water partition coefficient (Wildman–Crippen LogP) is 5.45. The van der Waals surface area contributed by atoms with Crippen molar-refractivity contribution in [3.63, 3.8) is 0 Å². The van der Waals surface area contributed by atoms with Crippen molar-refractivity contribution < 1.29 is 23.9 Å². The summed E-state index contributed by atoms with van der Waals surface area (Å²) in [5.74, 6) is -0.928. The Labute approximate surface area is 204 Å². The Kier molecular flexibility index (Phi) is 5.76. The van der Waals surface area contributed by atoms with E-state index in [1.165, 1.54) is 12.2 Å². The zero-order valence-corrected chi connectivity index (χ0v) is 19.1. The Hall–Kier alpha value is -4.49. The summed E-state index contributed by atoms with van der Waals surface area (Å²) in [6, 6.07) is 21.5. The highest BCUT2D eigenvalue weighted by Gasteiger charge is 2.25. The minimum atomic E-state index is -0.562. The van der Waals surface area contributed by atoms with Gasteiger partial charge in [-0.2, -0.15) is 0 Å². The molecule has 0 aromatic heterocycles. The molecule has 170 valence electrons. The molecule has 0 N–H and O–H groups in total. The quantitative estimate of drug-likeness (QED) is 0.0946. The third-order valence-corrected chi connectivity index (χ3v) is 6.45. The number of carbonyl (C=O) groups is 4. The molecule has 0 bridgehead atoms. The molecule has 7 heteroatoms. The molecule has 1 heterocycles. The van der Waals surface area contributed by atoms with E-state index < -0.39 is 5.97 Å². The average molecular weight is 480 g/mol. The Morgan fingerprint density at radius 3 is 2.09 bits per heavy atom. The van der Waals surface area contributed by atoms with E-state index in [0.29, 0.717) is 17.0 Å². The first-order valence-corrected chi connectivity index (χ1v) is 11.4. The molecule has 0 radical (unpaired) electrons. The molecule has 0 fully saturated rings. The van der Waals surface area contributed by atoms with Crippen LogP contribution in [0.1, 0.15) is 10.4 Å². The zero-order valence-electron chi connectivity index (χ0n) is 18.3. The SMILES string of the molecule is C=CC(=O)Oc1ccc(C(=O)Sc2ccc3c(ccc4cc(N5C(=O)C=CC5=O)ccc43)c2)cc1. The Morgan fingerprint density at radius 2 is 1.43 bits per heavy atom. The fourth-order valence-corrected chi connectivity index (χ4v) is 4.67. The van der Waals surface area contributed by atoms with Crippen LogP contribution in [0.5, 0.6) is 5.75 Å². The molecule has 0 saturated heterocycles. The Morgan fingerprint density at radius 1 is 0.800 bits per heavy atom. The second kappa shape index (κ2) is 9.04. The first kappa shape index (κ1) is 22.3. The number of hydrogen-bond donors (Lipinski definition) is 0. The maximum Gasteiger partial charge on any atom is 0.335 e. The van der Waals surface area contributed by atoms with Crippen LogP contribution >= 0.6 is 11.8 Å². The normalized spacial score (nSPS) is 13.0. The van der Waals surface area contributed by atoms with Crippen molar-refractivity contribution in [1.82, 2.24) is 0 Å². The highest BCUT2D eigenvalue weighted by molar-refractivity contribution is 8.14. The molecule has 4 aromatic carbocycles. The Bertz CT molecular complexity index is 1570. The van der Waals surface area contributed by atoms with Gasteiger partial charge in [-0.3, -0.25) is 14.4 Å². The molecule has 0 unspecified atom stereocenters. The molecule has 0 spiro atoms. The van der Waals surface area contributed by atoms with Gasteiger partial charge in [0.2, 0.25) is 5.12 Å². The predicted molar refractivity (Wildman–Crippen MR) is 136 cm³/mol. The van der Waals surface area contributed by atoms with Crippen molar-refractivity contribution in [1.29, 1.82) is 0 Å². The Balaban J connectivity index is 1.38. The lowest BCUT2D eigenvalue weighted by Gasteiger charge is -2.15. The van der Waals surface area contributed by atoms with Gasteiger partial charge in [-0.15, -0.1) is 0 Å². The largest absolute Gasteiger partial charge is 0.423 e. The zero-order chi connectivity index (χ0) is 24.5. The van der Waals surface area contributed by atoms with Gasteiger partial charge in [-0.25, -0.2) is 9.69 Å². The van der Waals surface area contributed by atoms with E-state index in [1.807, 2.05) is 42.5 Å². The standard InChI is InChI=1S/C28H17NO5S/c1-2-27(32)34-21-8-5-17(6-9-21)28(33)35-22-10-12-24-19(16-22)4-3-18-15-20(7-11-23(18)24)29-25(30)13-14-26(29)31/h2-16H,1H2. The number of benzene rings is 4. The van der Waals surface area contributed by atoms with Crippen LogP contribution < -0.4 is 9.64 Å². The van der Waals surface area contributed by atoms with Gasteiger partial charge in [0, 0.05) is 28.7 Å². The van der Waals surface area contributed by atoms with E-state index in [-0.39, 0.29) is 16.9 Å². The summed E-state index contributed by atoms with van der Waals surface area (Å²) in [5, 5.41) is 3.70. The fourth-order valence-electron chi connectivity index (χ4n) is 3.88. The van der Waals surface area contributed by atoms with Crippen molar-refractivity contribution in [2.24, 2.45) is 0 Å². The minimum Gasteiger partial charge on any atom is -0.423 e. The van der Waals surface area contributed by atoms with E-state index in [4.69, 9.17) is 4.74 Å². The number of nitrogens with zero attached hydrogens (tertiary/aromatic N) is 1. The van der Waals surface area contributed by atoms with E-state index >= 15 is 0 Å². The van der Waals surface area contributed by atoms with E-state index in [0.717, 1.165) is 49.2 Å². The maximum absolute atomic E-state index is 12.7. The van der Waals surface area contributed by atoms with Gasteiger partial charge in [0.15, 0.2) is 0 Å². The minimum absolute atomic E-state index is 0.134. The summed E-state index contributed by atoms with van der Waals surface area (Å²) < 4.78 is 5.03. The molecular formula is C28H17NO5S. The van der Waals surface area contributed by atoms with Gasteiger partial charge >= 0.3 is 5.97 Å². The first-order chi connectivity index (χ1) is 16.9. The molecule has 5 rings (SSSR count). The molecule has 4 aromatic rings. The molecule has 35 heavy (non-hydrogen) atoms. The van der Waals surface area contributed by atoms with E-state index in [2.05, 4.69) is 6.58 Å². The van der Waals surface area contributed by atoms with Crippen molar-refractivity contribution in [3.8, 4) is 5.75 Å². The molecule has 6 nitrogen and oxygen atoms in total. The number of fused-ring (bicyclic) bond motifs is 3. The summed E-state index contributed by atoms with van der Waals surface area (Å²) in [6.45, 7) is 3.35. The van der Waals surface area contributed by atoms with Crippen molar-refractivity contribution in [3.05, 3.63) is 103 Å². The van der Waals surface area contributed by atoms with Crippen molar-refractivity contribution >= 4 is 61.9 Å². The molecule has 0 saturated carbocycles. The topological polar surface area (TPSA) is 80.8 Å². The smallest absolute Gasteiger partial charge is 0.335 e. The monoisotopic (exact) mass is 479 g/mol. The molecule has 1 aliphatic heterocycles. The molecular weight excluding hydrogens is 462 g/mol. The van der Waals surface area contributed by atoms with Crippen LogP contribution in [0.3, 0.4) is 0 Å². The maximum atomic E-state index is 12.7. The second-order valence-electron chi connectivity index (χ2n) is 7.74. The highest BCUT2D eigenvalue weighted by Crippen LogP contribution is 2.33. The van der Waals surface area contributed by atoms with Crippen molar-refractivity contribution in [2.75, 3.05) is 4.90 Å². The van der Waals surface area contributed by atoms with Gasteiger partial charge in [0.05, 0.1) is 5.69 Å². The number of amides is 2. The molecule has 1 aliphatic rings. The van der Waals surface area contributed by atoms with Crippen LogP contribution in [-0.2, 0) is 14.4 Å². The summed E-state index contributed by atoms with van der Waals surface area (Å²) >= 11 is 1.11. The molecule has 0 aliphatic carbocycles. The van der Waals surface area contributed by atoms with Gasteiger partial charge in [0.1, 0.15) is 5.75 Å². The van der Waals surface area contributed by atoms with E-state index in [9.17, 15) is 19.2 Å². The number of anilines is 1. The van der Waals surface area contributed by atoms with Crippen LogP contribution in [0, 0.1) is 0 Å². The van der Waals surface area contributed by atoms with Gasteiger partial charge in [0.25, 0.3) is 11.8 Å². The number of ether oxygens (including phenoxy) is 1. The first-order valence-electron chi connectivity index (χ1n) is 10.6. The molecule has 0 atom stereocenters. The average Bonchev–Trinajstić information content (AvgIpc) is 3.21. The van der Waals surface area contributed by atoms with Crippen LogP contribution in [0.15, 0.2) is 102 Å². The van der Waals surface area contributed by atoms with Crippen LogP contribution in [0.2, 0.25) is 0 Å². The summed E-state index contributed by atoms with van der Waals surface area (Å²) in [4.78, 5) is 50.0.